The Balaban J connectivity index is 2.37. The zero-order valence-corrected chi connectivity index (χ0v) is 13.4. The summed E-state index contributed by atoms with van der Waals surface area (Å²) in [7, 11) is 2.40. The van der Waals surface area contributed by atoms with Crippen molar-refractivity contribution in [2.75, 3.05) is 72.5 Å². The maximum Gasteiger partial charge on any atom is 0.0915 e. The SMILES string of the molecule is CC[N+]1(C)CCN(CC[N+](CC)(CC)CC)CC1. The van der Waals surface area contributed by atoms with Crippen LogP contribution >= 0.6 is 0 Å². The Morgan fingerprint density at radius 1 is 0.944 bits per heavy atom. The summed E-state index contributed by atoms with van der Waals surface area (Å²) in [5.74, 6) is 0. The molecule has 1 aliphatic heterocycles. The molecule has 3 heteroatoms. The first-order chi connectivity index (χ1) is 8.53. The van der Waals surface area contributed by atoms with Gasteiger partial charge >= 0.3 is 0 Å². The van der Waals surface area contributed by atoms with Crippen LogP contribution in [0.5, 0.6) is 0 Å². The second kappa shape index (κ2) is 6.88. The lowest BCUT2D eigenvalue weighted by Gasteiger charge is -2.43. The first-order valence-electron chi connectivity index (χ1n) is 7.94. The number of hydrogen-bond acceptors (Lipinski definition) is 1. The molecule has 0 amide bonds. The van der Waals surface area contributed by atoms with Crippen molar-refractivity contribution in [1.29, 1.82) is 0 Å². The topological polar surface area (TPSA) is 3.24 Å². The number of piperazine rings is 1. The van der Waals surface area contributed by atoms with Gasteiger partial charge in [0.25, 0.3) is 0 Å². The van der Waals surface area contributed by atoms with E-state index in [2.05, 4.69) is 39.6 Å². The minimum Gasteiger partial charge on any atom is -0.324 e. The summed E-state index contributed by atoms with van der Waals surface area (Å²) in [5, 5.41) is 0. The molecular weight excluding hydrogens is 222 g/mol. The number of quaternary nitrogens is 2. The fourth-order valence-corrected chi connectivity index (χ4v) is 3.03. The monoisotopic (exact) mass is 257 g/mol. The molecule has 0 bridgehead atoms. The molecule has 0 aromatic heterocycles. The molecule has 108 valence electrons. The number of likely N-dealkylation sites (N-methyl/N-ethyl adjacent to an activating group) is 2. The molecule has 0 aromatic rings. The molecule has 0 saturated carbocycles. The van der Waals surface area contributed by atoms with E-state index < -0.39 is 0 Å². The van der Waals surface area contributed by atoms with E-state index in [-0.39, 0.29) is 0 Å². The molecule has 0 spiro atoms. The van der Waals surface area contributed by atoms with Crippen LogP contribution in [-0.2, 0) is 0 Å². The highest BCUT2D eigenvalue weighted by Gasteiger charge is 2.28. The minimum atomic E-state index is 1.27. The molecule has 1 heterocycles. The van der Waals surface area contributed by atoms with E-state index in [1.165, 1.54) is 74.4 Å². The van der Waals surface area contributed by atoms with Crippen LogP contribution in [0.4, 0.5) is 0 Å². The summed E-state index contributed by atoms with van der Waals surface area (Å²) in [6.45, 7) is 22.4. The molecule has 0 aromatic carbocycles. The van der Waals surface area contributed by atoms with Gasteiger partial charge in [0.1, 0.15) is 0 Å². The summed E-state index contributed by atoms with van der Waals surface area (Å²) in [6.07, 6.45) is 0. The lowest BCUT2D eigenvalue weighted by atomic mass is 10.2. The Bertz CT molecular complexity index is 220. The molecule has 0 unspecified atom stereocenters. The van der Waals surface area contributed by atoms with Crippen molar-refractivity contribution >= 4 is 0 Å². The zero-order valence-electron chi connectivity index (χ0n) is 13.4. The van der Waals surface area contributed by atoms with Gasteiger partial charge in [-0.25, -0.2) is 0 Å². The average molecular weight is 257 g/mol. The normalized spacial score (nSPS) is 21.2. The van der Waals surface area contributed by atoms with Gasteiger partial charge in [0.15, 0.2) is 0 Å². The third-order valence-corrected chi connectivity index (χ3v) is 5.58. The minimum absolute atomic E-state index is 1.27. The van der Waals surface area contributed by atoms with E-state index in [4.69, 9.17) is 0 Å². The molecule has 3 nitrogen and oxygen atoms in total. The van der Waals surface area contributed by atoms with Crippen molar-refractivity contribution < 1.29 is 8.97 Å². The standard InChI is InChI=1S/C15H35N3/c1-6-17(5)13-10-16(11-14-17)12-15-18(7-2,8-3)9-4/h6-15H2,1-5H3/q+2. The van der Waals surface area contributed by atoms with E-state index in [1.54, 1.807) is 0 Å². The van der Waals surface area contributed by atoms with Gasteiger partial charge in [-0.2, -0.15) is 0 Å². The predicted octanol–water partition coefficient (Wildman–Crippen LogP) is 1.65. The Labute approximate surface area is 115 Å². The fourth-order valence-electron chi connectivity index (χ4n) is 3.03. The van der Waals surface area contributed by atoms with E-state index >= 15 is 0 Å². The molecule has 1 aliphatic rings. The fraction of sp³-hybridized carbons (Fsp3) is 1.00. The quantitative estimate of drug-likeness (QED) is 0.627. The lowest BCUT2D eigenvalue weighted by molar-refractivity contribution is -0.924. The zero-order chi connectivity index (χ0) is 13.6. The summed E-state index contributed by atoms with van der Waals surface area (Å²) >= 11 is 0. The largest absolute Gasteiger partial charge is 0.324 e. The Hall–Kier alpha value is -0.120. The van der Waals surface area contributed by atoms with Gasteiger partial charge in [0.2, 0.25) is 0 Å². The van der Waals surface area contributed by atoms with Crippen molar-refractivity contribution in [3.8, 4) is 0 Å². The van der Waals surface area contributed by atoms with E-state index in [0.717, 1.165) is 0 Å². The third kappa shape index (κ3) is 3.94. The Kier molecular flexibility index (Phi) is 6.09. The van der Waals surface area contributed by atoms with Crippen molar-refractivity contribution in [2.24, 2.45) is 0 Å². The van der Waals surface area contributed by atoms with E-state index in [0.29, 0.717) is 0 Å². The third-order valence-electron chi connectivity index (χ3n) is 5.58. The van der Waals surface area contributed by atoms with Crippen LogP contribution in [0.1, 0.15) is 27.7 Å². The first kappa shape index (κ1) is 15.9. The van der Waals surface area contributed by atoms with Gasteiger partial charge in [-0.05, 0) is 27.7 Å². The second-order valence-electron chi connectivity index (χ2n) is 6.24. The summed E-state index contributed by atoms with van der Waals surface area (Å²) in [6, 6.07) is 0. The van der Waals surface area contributed by atoms with Crippen molar-refractivity contribution in [2.45, 2.75) is 27.7 Å². The van der Waals surface area contributed by atoms with Crippen LogP contribution in [0.3, 0.4) is 0 Å². The molecule has 0 N–H and O–H groups in total. The van der Waals surface area contributed by atoms with E-state index in [1.807, 2.05) is 0 Å². The Morgan fingerprint density at radius 2 is 1.44 bits per heavy atom. The number of nitrogens with zero attached hydrogens (tertiary/aromatic N) is 3. The number of rotatable bonds is 7. The van der Waals surface area contributed by atoms with Crippen LogP contribution in [0.2, 0.25) is 0 Å². The van der Waals surface area contributed by atoms with Gasteiger partial charge in [-0.3, -0.25) is 4.90 Å². The summed E-state index contributed by atoms with van der Waals surface area (Å²) in [4.78, 5) is 2.68. The Morgan fingerprint density at radius 3 is 1.83 bits per heavy atom. The molecule has 0 radical (unpaired) electrons. The van der Waals surface area contributed by atoms with Gasteiger partial charge in [0.05, 0.1) is 52.9 Å². The molecule has 18 heavy (non-hydrogen) atoms. The highest BCUT2D eigenvalue weighted by atomic mass is 15.4. The van der Waals surface area contributed by atoms with Crippen molar-refractivity contribution in [3.05, 3.63) is 0 Å². The predicted molar refractivity (Wildman–Crippen MR) is 79.6 cm³/mol. The average Bonchev–Trinajstić information content (AvgIpc) is 2.43. The van der Waals surface area contributed by atoms with Crippen LogP contribution in [0.25, 0.3) is 0 Å². The molecular formula is C15H35N3+2. The maximum absolute atomic E-state index is 2.68. The smallest absolute Gasteiger partial charge is 0.0915 e. The first-order valence-corrected chi connectivity index (χ1v) is 7.94. The van der Waals surface area contributed by atoms with Gasteiger partial charge in [0, 0.05) is 19.6 Å². The molecule has 1 saturated heterocycles. The van der Waals surface area contributed by atoms with Crippen LogP contribution < -0.4 is 0 Å². The van der Waals surface area contributed by atoms with Gasteiger partial charge in [-0.15, -0.1) is 0 Å². The van der Waals surface area contributed by atoms with E-state index in [9.17, 15) is 0 Å². The number of hydrogen-bond donors (Lipinski definition) is 0. The summed E-state index contributed by atoms with van der Waals surface area (Å²) < 4.78 is 2.56. The lowest BCUT2D eigenvalue weighted by Crippen LogP contribution is -2.59. The van der Waals surface area contributed by atoms with Crippen LogP contribution in [0.15, 0.2) is 0 Å². The maximum atomic E-state index is 2.68. The highest BCUT2D eigenvalue weighted by Crippen LogP contribution is 2.11. The van der Waals surface area contributed by atoms with Crippen molar-refractivity contribution in [1.82, 2.24) is 4.90 Å². The second-order valence-corrected chi connectivity index (χ2v) is 6.24. The highest BCUT2D eigenvalue weighted by molar-refractivity contribution is 4.63. The van der Waals surface area contributed by atoms with Crippen LogP contribution in [0, 0.1) is 0 Å². The summed E-state index contributed by atoms with van der Waals surface area (Å²) in [5.41, 5.74) is 0. The van der Waals surface area contributed by atoms with Gasteiger partial charge in [-0.1, -0.05) is 0 Å². The molecule has 0 aliphatic carbocycles. The molecule has 1 fully saturated rings. The van der Waals surface area contributed by atoms with Crippen molar-refractivity contribution in [3.63, 3.8) is 0 Å². The van der Waals surface area contributed by atoms with Crippen LogP contribution in [-0.4, -0.2) is 86.4 Å². The van der Waals surface area contributed by atoms with Gasteiger partial charge < -0.3 is 8.97 Å². The molecule has 0 atom stereocenters. The molecule has 1 rings (SSSR count).